The quantitative estimate of drug-likeness (QED) is 0.689. The molecule has 0 unspecified atom stereocenters. The summed E-state index contributed by atoms with van der Waals surface area (Å²) in [5, 5.41) is 22.7. The monoisotopic (exact) mass is 374 g/mol. The number of hydrogen-bond acceptors (Lipinski definition) is 8. The number of anilines is 1. The van der Waals surface area contributed by atoms with Gasteiger partial charge in [-0.25, -0.2) is 0 Å². The van der Waals surface area contributed by atoms with Crippen molar-refractivity contribution in [3.63, 3.8) is 0 Å². The van der Waals surface area contributed by atoms with Crippen molar-refractivity contribution in [2.75, 3.05) is 44.3 Å². The molecule has 1 aliphatic heterocycles. The highest BCUT2D eigenvalue weighted by atomic mass is 35.5. The Balaban J connectivity index is 0.00000208. The van der Waals surface area contributed by atoms with Gasteiger partial charge in [0.15, 0.2) is 0 Å². The summed E-state index contributed by atoms with van der Waals surface area (Å²) in [4.78, 5) is 13.4. The first kappa shape index (κ1) is 19.1. The molecule has 3 N–H and O–H groups in total. The molecule has 0 amide bonds. The summed E-state index contributed by atoms with van der Waals surface area (Å²) in [6, 6.07) is 2.41. The van der Waals surface area contributed by atoms with E-state index in [1.807, 2.05) is 0 Å². The van der Waals surface area contributed by atoms with Crippen LogP contribution in [0.3, 0.4) is 0 Å². The van der Waals surface area contributed by atoms with E-state index in [0.29, 0.717) is 0 Å². The first-order chi connectivity index (χ1) is 11.2. The molecule has 1 fully saturated rings. The lowest BCUT2D eigenvalue weighted by Gasteiger charge is -2.29. The zero-order valence-corrected chi connectivity index (χ0v) is 15.2. The van der Waals surface area contributed by atoms with E-state index in [0.717, 1.165) is 48.6 Å². The number of halogens is 1. The highest BCUT2D eigenvalue weighted by Gasteiger charge is 2.19. The van der Waals surface area contributed by atoms with Crippen molar-refractivity contribution in [1.29, 1.82) is 0 Å². The summed E-state index contributed by atoms with van der Waals surface area (Å²) < 4.78 is 5.47. The van der Waals surface area contributed by atoms with Crippen molar-refractivity contribution in [2.45, 2.75) is 19.4 Å². The van der Waals surface area contributed by atoms with Crippen molar-refractivity contribution < 1.29 is 14.9 Å². The van der Waals surface area contributed by atoms with E-state index in [1.165, 1.54) is 4.88 Å². The van der Waals surface area contributed by atoms with Gasteiger partial charge in [0, 0.05) is 31.1 Å². The van der Waals surface area contributed by atoms with E-state index in [4.69, 9.17) is 9.84 Å². The average Bonchev–Trinajstić information content (AvgIpc) is 3.02. The Labute approximate surface area is 151 Å². The molecule has 3 rings (SSSR count). The van der Waals surface area contributed by atoms with E-state index in [9.17, 15) is 5.11 Å². The summed E-state index contributed by atoms with van der Waals surface area (Å²) in [5.74, 6) is 0.890. The third-order valence-corrected chi connectivity index (χ3v) is 4.96. The number of hydrogen-bond donors (Lipinski definition) is 3. The first-order valence-electron chi connectivity index (χ1n) is 7.89. The fourth-order valence-electron chi connectivity index (χ4n) is 2.52. The molecule has 0 aromatic carbocycles. The number of aliphatic hydroxyl groups is 2. The van der Waals surface area contributed by atoms with E-state index < -0.39 is 6.10 Å². The van der Waals surface area contributed by atoms with Gasteiger partial charge >= 0.3 is 6.01 Å². The van der Waals surface area contributed by atoms with E-state index in [1.54, 1.807) is 11.3 Å². The molecule has 0 saturated carbocycles. The van der Waals surface area contributed by atoms with Crippen LogP contribution in [0.15, 0.2) is 6.07 Å². The molecule has 0 aliphatic carbocycles. The Morgan fingerprint density at radius 1 is 1.38 bits per heavy atom. The van der Waals surface area contributed by atoms with Crippen molar-refractivity contribution in [3.05, 3.63) is 10.9 Å². The second-order valence-electron chi connectivity index (χ2n) is 5.50. The molecule has 0 radical (unpaired) electrons. The number of rotatable bonds is 6. The van der Waals surface area contributed by atoms with Crippen LogP contribution < -0.4 is 15.0 Å². The van der Waals surface area contributed by atoms with Crippen LogP contribution in [0.4, 0.5) is 5.82 Å². The zero-order chi connectivity index (χ0) is 16.2. The molecule has 2 aromatic heterocycles. The molecule has 3 heterocycles. The van der Waals surface area contributed by atoms with Crippen LogP contribution in [0.5, 0.6) is 6.01 Å². The van der Waals surface area contributed by atoms with Gasteiger partial charge in [-0.1, -0.05) is 6.92 Å². The number of nitrogens with zero attached hydrogens (tertiary/aromatic N) is 3. The maximum atomic E-state index is 9.45. The van der Waals surface area contributed by atoms with Crippen LogP contribution >= 0.6 is 23.7 Å². The SMILES string of the molecule is CCc1cc2c(N3CCNCC3)nc(OC[C@H](O)CO)nc2s1.Cl. The molecular formula is C15H23ClN4O3S. The normalized spacial score (nSPS) is 16.0. The van der Waals surface area contributed by atoms with Crippen molar-refractivity contribution >= 4 is 39.8 Å². The van der Waals surface area contributed by atoms with Crippen LogP contribution in [-0.2, 0) is 6.42 Å². The number of thiophene rings is 1. The third-order valence-electron chi connectivity index (χ3n) is 3.78. The van der Waals surface area contributed by atoms with Crippen LogP contribution in [0.2, 0.25) is 0 Å². The molecule has 1 saturated heterocycles. The van der Waals surface area contributed by atoms with Crippen LogP contribution in [0.1, 0.15) is 11.8 Å². The summed E-state index contributed by atoms with van der Waals surface area (Å²) in [7, 11) is 0. The lowest BCUT2D eigenvalue weighted by atomic mass is 10.2. The van der Waals surface area contributed by atoms with Gasteiger partial charge in [-0.15, -0.1) is 23.7 Å². The predicted molar refractivity (Wildman–Crippen MR) is 97.7 cm³/mol. The van der Waals surface area contributed by atoms with Gasteiger partial charge in [-0.2, -0.15) is 9.97 Å². The van der Waals surface area contributed by atoms with Crippen molar-refractivity contribution in [2.24, 2.45) is 0 Å². The number of nitrogens with one attached hydrogen (secondary N) is 1. The Bertz CT molecular complexity index is 663. The van der Waals surface area contributed by atoms with E-state index in [-0.39, 0.29) is 31.6 Å². The minimum Gasteiger partial charge on any atom is -0.461 e. The molecule has 2 aromatic rings. The van der Waals surface area contributed by atoms with Crippen molar-refractivity contribution in [3.8, 4) is 6.01 Å². The Hall–Kier alpha value is -1.19. The number of fused-ring (bicyclic) bond motifs is 1. The smallest absolute Gasteiger partial charge is 0.319 e. The number of ether oxygens (including phenoxy) is 1. The fourth-order valence-corrected chi connectivity index (χ4v) is 3.47. The number of piperazine rings is 1. The van der Waals surface area contributed by atoms with Crippen LogP contribution in [0.25, 0.3) is 10.2 Å². The molecular weight excluding hydrogens is 352 g/mol. The lowest BCUT2D eigenvalue weighted by Crippen LogP contribution is -2.44. The van der Waals surface area contributed by atoms with E-state index in [2.05, 4.69) is 33.2 Å². The fraction of sp³-hybridized carbons (Fsp3) is 0.600. The Kier molecular flexibility index (Phi) is 7.00. The number of aliphatic hydroxyl groups excluding tert-OH is 2. The van der Waals surface area contributed by atoms with Gasteiger partial charge in [-0.3, -0.25) is 0 Å². The standard InChI is InChI=1S/C15H22N4O3S.ClH/c1-2-11-7-12-13(19-5-3-16-4-6-19)17-15(18-14(12)23-11)22-9-10(21)8-20;/h7,10,16,20-21H,2-6,8-9H2,1H3;1H/t10-;/m1./s1. The molecule has 0 spiro atoms. The molecule has 24 heavy (non-hydrogen) atoms. The summed E-state index contributed by atoms with van der Waals surface area (Å²) >= 11 is 1.64. The molecule has 0 bridgehead atoms. The topological polar surface area (TPSA) is 90.7 Å². The Morgan fingerprint density at radius 2 is 2.12 bits per heavy atom. The average molecular weight is 375 g/mol. The molecule has 7 nitrogen and oxygen atoms in total. The highest BCUT2D eigenvalue weighted by Crippen LogP contribution is 2.33. The largest absolute Gasteiger partial charge is 0.461 e. The molecule has 1 atom stereocenters. The maximum Gasteiger partial charge on any atom is 0.319 e. The first-order valence-corrected chi connectivity index (χ1v) is 8.70. The van der Waals surface area contributed by atoms with E-state index >= 15 is 0 Å². The van der Waals surface area contributed by atoms with Gasteiger partial charge in [0.05, 0.1) is 12.0 Å². The van der Waals surface area contributed by atoms with Crippen LogP contribution in [0, 0.1) is 0 Å². The zero-order valence-electron chi connectivity index (χ0n) is 13.6. The van der Waals surface area contributed by atoms with Crippen LogP contribution in [-0.4, -0.2) is 65.7 Å². The van der Waals surface area contributed by atoms with Gasteiger partial charge in [0.25, 0.3) is 0 Å². The van der Waals surface area contributed by atoms with Gasteiger partial charge in [-0.05, 0) is 12.5 Å². The molecule has 1 aliphatic rings. The number of aryl methyl sites for hydroxylation is 1. The lowest BCUT2D eigenvalue weighted by molar-refractivity contribution is 0.0506. The minimum absolute atomic E-state index is 0. The summed E-state index contributed by atoms with van der Waals surface area (Å²) in [6.45, 7) is 5.40. The highest BCUT2D eigenvalue weighted by molar-refractivity contribution is 7.18. The maximum absolute atomic E-state index is 9.45. The summed E-state index contributed by atoms with van der Waals surface area (Å²) in [6.07, 6.45) is 0.0352. The van der Waals surface area contributed by atoms with Gasteiger partial charge in [0.2, 0.25) is 0 Å². The summed E-state index contributed by atoms with van der Waals surface area (Å²) in [5.41, 5.74) is 0. The predicted octanol–water partition coefficient (Wildman–Crippen LogP) is 0.817. The second kappa shape index (κ2) is 8.77. The second-order valence-corrected chi connectivity index (χ2v) is 6.61. The van der Waals surface area contributed by atoms with Crippen molar-refractivity contribution in [1.82, 2.24) is 15.3 Å². The Morgan fingerprint density at radius 3 is 2.79 bits per heavy atom. The van der Waals surface area contributed by atoms with Gasteiger partial charge < -0.3 is 25.2 Å². The third kappa shape index (κ3) is 4.25. The molecule has 134 valence electrons. The molecule has 9 heteroatoms. The minimum atomic E-state index is -0.925. The van der Waals surface area contributed by atoms with Gasteiger partial charge in [0.1, 0.15) is 23.4 Å². The number of aromatic nitrogens is 2.